The third kappa shape index (κ3) is 3.66. The van der Waals surface area contributed by atoms with E-state index in [4.69, 9.17) is 0 Å². The maximum Gasteiger partial charge on any atom is 0.0813 e. The van der Waals surface area contributed by atoms with E-state index in [2.05, 4.69) is 11.4 Å². The van der Waals surface area contributed by atoms with Gasteiger partial charge in [-0.15, -0.1) is 23.2 Å². The summed E-state index contributed by atoms with van der Waals surface area (Å²) in [6.07, 6.45) is 2.35. The Bertz CT molecular complexity index is 699. The van der Waals surface area contributed by atoms with Crippen molar-refractivity contribution in [3.05, 3.63) is 60.2 Å². The minimum Gasteiger partial charge on any atom is -0.320 e. The summed E-state index contributed by atoms with van der Waals surface area (Å²) in [7, 11) is -1.08. The summed E-state index contributed by atoms with van der Waals surface area (Å²) in [6, 6.07) is 17.7. The number of anilines is 2. The highest BCUT2D eigenvalue weighted by molar-refractivity contribution is 8.26. The van der Waals surface area contributed by atoms with Crippen molar-refractivity contribution in [2.45, 2.75) is 30.9 Å². The molecule has 1 heterocycles. The zero-order valence-corrected chi connectivity index (χ0v) is 16.3. The van der Waals surface area contributed by atoms with Crippen molar-refractivity contribution in [3.63, 3.8) is 0 Å². The van der Waals surface area contributed by atoms with E-state index in [0.717, 1.165) is 30.8 Å². The van der Waals surface area contributed by atoms with Crippen LogP contribution in [-0.2, 0) is 6.42 Å². The Hall–Kier alpha value is -1.24. The molecule has 0 unspecified atom stereocenters. The van der Waals surface area contributed by atoms with Crippen LogP contribution in [0, 0.1) is 0 Å². The van der Waals surface area contributed by atoms with Gasteiger partial charge in [-0.3, -0.25) is 9.11 Å². The number of nitrogens with zero attached hydrogens (tertiary/aromatic N) is 1. The fourth-order valence-corrected chi connectivity index (χ4v) is 5.51. The summed E-state index contributed by atoms with van der Waals surface area (Å²) < 4.78 is 23.8. The molecule has 3 N–H and O–H groups in total. The van der Waals surface area contributed by atoms with Crippen molar-refractivity contribution in [1.82, 2.24) is 5.32 Å². The number of fused-ring (bicyclic) bond motifs is 1. The minimum absolute atomic E-state index is 0. The Labute approximate surface area is 158 Å². The third-order valence-corrected chi connectivity index (χ3v) is 7.40. The minimum atomic E-state index is -3.01. The van der Waals surface area contributed by atoms with Gasteiger partial charge in [0.2, 0.25) is 0 Å². The second-order valence-corrected chi connectivity index (χ2v) is 9.00. The van der Waals surface area contributed by atoms with Crippen LogP contribution in [0.4, 0.5) is 11.4 Å². The molecule has 0 spiro atoms. The van der Waals surface area contributed by atoms with Crippen LogP contribution < -0.4 is 9.62 Å². The molecular weight excluding hydrogens is 356 g/mol. The van der Waals surface area contributed by atoms with Crippen molar-refractivity contribution in [2.75, 3.05) is 17.9 Å². The van der Waals surface area contributed by atoms with Crippen LogP contribution in [0.5, 0.6) is 0 Å². The molecule has 2 aromatic carbocycles. The number of para-hydroxylation sites is 2. The van der Waals surface area contributed by atoms with Crippen LogP contribution in [-0.4, -0.2) is 27.4 Å². The van der Waals surface area contributed by atoms with Crippen LogP contribution in [0.2, 0.25) is 0 Å². The molecule has 0 aliphatic carbocycles. The molecule has 0 saturated carbocycles. The van der Waals surface area contributed by atoms with Gasteiger partial charge in [0.25, 0.3) is 0 Å². The largest absolute Gasteiger partial charge is 0.320 e. The SMILES string of the molecule is CNCCC[C@]1(C)Cc2ccccc2N(c2ccccc2)S1(O)O.Cl. The molecule has 1 atom stereocenters. The predicted molar refractivity (Wildman–Crippen MR) is 110 cm³/mol. The second kappa shape index (κ2) is 7.98. The van der Waals surface area contributed by atoms with Crippen LogP contribution >= 0.6 is 23.2 Å². The monoisotopic (exact) mass is 382 g/mol. The quantitative estimate of drug-likeness (QED) is 0.620. The Balaban J connectivity index is 0.00000225. The molecule has 0 amide bonds. The average Bonchev–Trinajstić information content (AvgIpc) is 2.57. The van der Waals surface area contributed by atoms with Crippen molar-refractivity contribution in [3.8, 4) is 0 Å². The first-order valence-corrected chi connectivity index (χ1v) is 9.86. The van der Waals surface area contributed by atoms with Gasteiger partial charge in [-0.05, 0) is 63.5 Å². The zero-order chi connectivity index (χ0) is 17.2. The average molecular weight is 383 g/mol. The van der Waals surface area contributed by atoms with Gasteiger partial charge in [-0.1, -0.05) is 36.4 Å². The molecule has 0 bridgehead atoms. The van der Waals surface area contributed by atoms with E-state index in [-0.39, 0.29) is 12.4 Å². The van der Waals surface area contributed by atoms with E-state index < -0.39 is 15.5 Å². The van der Waals surface area contributed by atoms with Gasteiger partial charge >= 0.3 is 0 Å². The van der Waals surface area contributed by atoms with Crippen LogP contribution in [0.1, 0.15) is 25.3 Å². The fraction of sp³-hybridized carbons (Fsp3) is 0.368. The van der Waals surface area contributed by atoms with E-state index in [1.165, 1.54) is 5.56 Å². The molecule has 0 radical (unpaired) electrons. The van der Waals surface area contributed by atoms with E-state index in [0.29, 0.717) is 6.42 Å². The highest BCUT2D eigenvalue weighted by Crippen LogP contribution is 2.66. The predicted octanol–water partition coefficient (Wildman–Crippen LogP) is 5.23. The number of halogens is 1. The maximum atomic E-state index is 11.3. The first-order valence-electron chi connectivity index (χ1n) is 8.35. The molecule has 4 nitrogen and oxygen atoms in total. The van der Waals surface area contributed by atoms with Gasteiger partial charge < -0.3 is 5.32 Å². The summed E-state index contributed by atoms with van der Waals surface area (Å²) >= 11 is 0. The fourth-order valence-electron chi connectivity index (χ4n) is 3.43. The molecule has 1 aliphatic rings. The lowest BCUT2D eigenvalue weighted by Crippen LogP contribution is -2.46. The van der Waals surface area contributed by atoms with E-state index in [1.54, 1.807) is 4.31 Å². The smallest absolute Gasteiger partial charge is 0.0813 e. The lowest BCUT2D eigenvalue weighted by atomic mass is 9.94. The van der Waals surface area contributed by atoms with Crippen LogP contribution in [0.25, 0.3) is 0 Å². The molecule has 0 aromatic heterocycles. The van der Waals surface area contributed by atoms with Gasteiger partial charge in [-0.2, -0.15) is 0 Å². The Morgan fingerprint density at radius 3 is 2.40 bits per heavy atom. The number of rotatable bonds is 5. The Morgan fingerprint density at radius 2 is 1.72 bits per heavy atom. The summed E-state index contributed by atoms with van der Waals surface area (Å²) in [6.45, 7) is 2.88. The van der Waals surface area contributed by atoms with Crippen LogP contribution in [0.3, 0.4) is 0 Å². The van der Waals surface area contributed by atoms with Gasteiger partial charge in [0.1, 0.15) is 0 Å². The van der Waals surface area contributed by atoms with Gasteiger partial charge in [0, 0.05) is 0 Å². The first kappa shape index (κ1) is 20.1. The second-order valence-electron chi connectivity index (χ2n) is 6.61. The highest BCUT2D eigenvalue weighted by atomic mass is 35.5. The zero-order valence-electron chi connectivity index (χ0n) is 14.7. The lowest BCUT2D eigenvalue weighted by molar-refractivity contribution is 0.404. The summed E-state index contributed by atoms with van der Waals surface area (Å²) in [5.41, 5.74) is 2.89. The van der Waals surface area contributed by atoms with Gasteiger partial charge in [0.15, 0.2) is 0 Å². The number of hydrogen-bond acceptors (Lipinski definition) is 4. The van der Waals surface area contributed by atoms with Crippen molar-refractivity contribution < 1.29 is 9.11 Å². The molecule has 2 aromatic rings. The molecule has 0 fully saturated rings. The first-order chi connectivity index (χ1) is 11.5. The van der Waals surface area contributed by atoms with E-state index >= 15 is 0 Å². The number of nitrogens with one attached hydrogen (secondary N) is 1. The molecular formula is C19H27ClN2O2S. The summed E-state index contributed by atoms with van der Waals surface area (Å²) in [5, 5.41) is 3.15. The third-order valence-electron chi connectivity index (χ3n) is 4.81. The molecule has 0 saturated heterocycles. The normalized spacial score (nSPS) is 22.6. The van der Waals surface area contributed by atoms with Crippen molar-refractivity contribution >= 4 is 34.6 Å². The van der Waals surface area contributed by atoms with Gasteiger partial charge in [-0.25, -0.2) is 4.31 Å². The van der Waals surface area contributed by atoms with Crippen molar-refractivity contribution in [2.24, 2.45) is 0 Å². The van der Waals surface area contributed by atoms with E-state index in [1.807, 2.05) is 62.5 Å². The molecule has 6 heteroatoms. The number of hydrogen-bond donors (Lipinski definition) is 3. The van der Waals surface area contributed by atoms with Crippen LogP contribution in [0.15, 0.2) is 54.6 Å². The summed E-state index contributed by atoms with van der Waals surface area (Å²) in [4.78, 5) is 0. The molecule has 3 rings (SSSR count). The molecule has 138 valence electrons. The number of benzene rings is 2. The highest BCUT2D eigenvalue weighted by Gasteiger charge is 2.47. The standard InChI is InChI=1S/C19H26N2O2S.ClH/c1-19(13-8-14-20-2)15-16-9-6-7-12-18(16)21(24(19,22)23)17-10-4-3-5-11-17;/h3-7,9-12,20,22-23H,8,13-15H2,1-2H3;1H/t19-;/m1./s1. The molecule has 1 aliphatic heterocycles. The topological polar surface area (TPSA) is 55.7 Å². The summed E-state index contributed by atoms with van der Waals surface area (Å²) in [5.74, 6) is 0. The molecule has 25 heavy (non-hydrogen) atoms. The van der Waals surface area contributed by atoms with Crippen molar-refractivity contribution in [1.29, 1.82) is 0 Å². The maximum absolute atomic E-state index is 11.3. The van der Waals surface area contributed by atoms with Gasteiger partial charge in [0.05, 0.1) is 16.1 Å². The lowest BCUT2D eigenvalue weighted by Gasteiger charge is -2.58. The van der Waals surface area contributed by atoms with E-state index in [9.17, 15) is 9.11 Å². The Morgan fingerprint density at radius 1 is 1.08 bits per heavy atom. The Kier molecular flexibility index (Phi) is 6.40.